The van der Waals surface area contributed by atoms with Crippen LogP contribution < -0.4 is 14.8 Å². The first kappa shape index (κ1) is 21.9. The number of anilines is 1. The van der Waals surface area contributed by atoms with Crippen molar-refractivity contribution >= 4 is 29.3 Å². The zero-order chi connectivity index (χ0) is 22.1. The summed E-state index contributed by atoms with van der Waals surface area (Å²) in [6, 6.07) is 23.5. The minimum atomic E-state index is -0.481. The molecule has 0 saturated carbocycles. The Bertz CT molecular complexity index is 1100. The van der Waals surface area contributed by atoms with E-state index in [0.29, 0.717) is 41.0 Å². The van der Waals surface area contributed by atoms with Gasteiger partial charge in [-0.15, -0.1) is 0 Å². The van der Waals surface area contributed by atoms with Gasteiger partial charge >= 0.3 is 0 Å². The Hall–Kier alpha value is -3.75. The van der Waals surface area contributed by atoms with E-state index >= 15 is 0 Å². The van der Waals surface area contributed by atoms with Crippen LogP contribution in [0.1, 0.15) is 18.1 Å². The van der Waals surface area contributed by atoms with Gasteiger partial charge in [-0.1, -0.05) is 41.9 Å². The summed E-state index contributed by atoms with van der Waals surface area (Å²) >= 11 is 6.14. The van der Waals surface area contributed by atoms with E-state index < -0.39 is 5.91 Å². The first-order valence-electron chi connectivity index (χ1n) is 9.71. The highest BCUT2D eigenvalue weighted by Crippen LogP contribution is 2.20. The van der Waals surface area contributed by atoms with E-state index in [1.54, 1.807) is 48.5 Å². The van der Waals surface area contributed by atoms with Crippen LogP contribution in [-0.4, -0.2) is 12.5 Å². The lowest BCUT2D eigenvalue weighted by atomic mass is 10.1. The smallest absolute Gasteiger partial charge is 0.266 e. The second kappa shape index (κ2) is 10.9. The molecule has 31 heavy (non-hydrogen) atoms. The predicted molar refractivity (Wildman–Crippen MR) is 122 cm³/mol. The van der Waals surface area contributed by atoms with Crippen molar-refractivity contribution < 1.29 is 14.3 Å². The van der Waals surface area contributed by atoms with Crippen molar-refractivity contribution in [2.45, 2.75) is 13.5 Å². The molecule has 6 heteroatoms. The molecule has 5 nitrogen and oxygen atoms in total. The van der Waals surface area contributed by atoms with Gasteiger partial charge in [0.15, 0.2) is 0 Å². The maximum Gasteiger partial charge on any atom is 0.266 e. The third kappa shape index (κ3) is 6.36. The summed E-state index contributed by atoms with van der Waals surface area (Å²) in [6.07, 6.45) is 1.53. The fraction of sp³-hybridized carbons (Fsp3) is 0.120. The van der Waals surface area contributed by atoms with E-state index in [1.807, 2.05) is 37.3 Å². The van der Waals surface area contributed by atoms with E-state index in [4.69, 9.17) is 21.1 Å². The van der Waals surface area contributed by atoms with Crippen molar-refractivity contribution in [3.05, 3.63) is 94.5 Å². The topological polar surface area (TPSA) is 71.3 Å². The summed E-state index contributed by atoms with van der Waals surface area (Å²) in [5.41, 5.74) is 2.19. The summed E-state index contributed by atoms with van der Waals surface area (Å²) in [4.78, 5) is 12.4. The van der Waals surface area contributed by atoms with Gasteiger partial charge in [0.1, 0.15) is 29.7 Å². The summed E-state index contributed by atoms with van der Waals surface area (Å²) in [5.74, 6) is 0.897. The zero-order valence-corrected chi connectivity index (χ0v) is 17.7. The summed E-state index contributed by atoms with van der Waals surface area (Å²) in [5, 5.41) is 12.8. The third-order valence-corrected chi connectivity index (χ3v) is 4.70. The molecule has 0 aliphatic carbocycles. The monoisotopic (exact) mass is 432 g/mol. The van der Waals surface area contributed by atoms with Crippen LogP contribution in [0.3, 0.4) is 0 Å². The lowest BCUT2D eigenvalue weighted by Crippen LogP contribution is -2.13. The van der Waals surface area contributed by atoms with Gasteiger partial charge in [-0.3, -0.25) is 4.79 Å². The second-order valence-electron chi connectivity index (χ2n) is 6.53. The molecule has 3 aromatic carbocycles. The van der Waals surface area contributed by atoms with Gasteiger partial charge in [0, 0.05) is 16.3 Å². The number of nitriles is 1. The summed E-state index contributed by atoms with van der Waals surface area (Å²) in [6.45, 7) is 2.82. The fourth-order valence-electron chi connectivity index (χ4n) is 2.75. The Labute approximate surface area is 186 Å². The fourth-order valence-corrected chi connectivity index (χ4v) is 2.94. The van der Waals surface area contributed by atoms with Gasteiger partial charge in [0.25, 0.3) is 5.91 Å². The minimum Gasteiger partial charge on any atom is -0.494 e. The molecule has 0 saturated heterocycles. The molecule has 0 spiro atoms. The van der Waals surface area contributed by atoms with Crippen molar-refractivity contribution in [2.24, 2.45) is 0 Å². The molecule has 3 rings (SSSR count). The van der Waals surface area contributed by atoms with E-state index in [1.165, 1.54) is 6.08 Å². The van der Waals surface area contributed by atoms with Crippen molar-refractivity contribution in [3.63, 3.8) is 0 Å². The van der Waals surface area contributed by atoms with Gasteiger partial charge in [-0.25, -0.2) is 0 Å². The molecule has 0 aliphatic rings. The Morgan fingerprint density at radius 1 is 1.00 bits per heavy atom. The maximum atomic E-state index is 12.4. The Balaban J connectivity index is 1.62. The second-order valence-corrected chi connectivity index (χ2v) is 6.94. The number of carbonyl (C=O) groups is 1. The van der Waals surface area contributed by atoms with Crippen LogP contribution in [0.5, 0.6) is 11.5 Å². The van der Waals surface area contributed by atoms with Gasteiger partial charge in [-0.2, -0.15) is 5.26 Å². The third-order valence-electron chi connectivity index (χ3n) is 4.33. The summed E-state index contributed by atoms with van der Waals surface area (Å²) < 4.78 is 11.1. The molecule has 0 aromatic heterocycles. The molecule has 0 bridgehead atoms. The highest BCUT2D eigenvalue weighted by molar-refractivity contribution is 6.31. The van der Waals surface area contributed by atoms with Crippen molar-refractivity contribution in [2.75, 3.05) is 11.9 Å². The van der Waals surface area contributed by atoms with Crippen LogP contribution in [-0.2, 0) is 11.4 Å². The number of benzene rings is 3. The number of nitrogens with zero attached hydrogens (tertiary/aromatic N) is 1. The molecule has 0 unspecified atom stereocenters. The van der Waals surface area contributed by atoms with Gasteiger partial charge < -0.3 is 14.8 Å². The quantitative estimate of drug-likeness (QED) is 0.357. The van der Waals surface area contributed by atoms with E-state index in [9.17, 15) is 10.1 Å². The Morgan fingerprint density at radius 3 is 2.29 bits per heavy atom. The van der Waals surface area contributed by atoms with Gasteiger partial charge in [0.05, 0.1) is 6.61 Å². The Morgan fingerprint density at radius 2 is 1.65 bits per heavy atom. The number of amides is 1. The molecule has 1 N–H and O–H groups in total. The lowest BCUT2D eigenvalue weighted by Gasteiger charge is -2.08. The largest absolute Gasteiger partial charge is 0.494 e. The number of halogens is 1. The molecule has 0 radical (unpaired) electrons. The molecule has 0 fully saturated rings. The van der Waals surface area contributed by atoms with Crippen LogP contribution in [0.2, 0.25) is 5.02 Å². The highest BCUT2D eigenvalue weighted by Gasteiger charge is 2.10. The number of hydrogen-bond donors (Lipinski definition) is 1. The number of nitrogens with one attached hydrogen (secondary N) is 1. The highest BCUT2D eigenvalue weighted by atomic mass is 35.5. The molecule has 0 atom stereocenters. The zero-order valence-electron chi connectivity index (χ0n) is 17.0. The lowest BCUT2D eigenvalue weighted by molar-refractivity contribution is -0.112. The summed E-state index contributed by atoms with van der Waals surface area (Å²) in [7, 11) is 0. The average molecular weight is 433 g/mol. The number of rotatable bonds is 8. The molecule has 3 aromatic rings. The molecular weight excluding hydrogens is 412 g/mol. The van der Waals surface area contributed by atoms with Crippen LogP contribution in [0.15, 0.2) is 78.4 Å². The standard InChI is InChI=1S/C25H21ClN2O3/c1-2-30-22-13-9-21(10-14-22)28-25(29)20(16-27)15-18-7-11-23(12-8-18)31-17-19-5-3-4-6-24(19)26/h3-15H,2,17H2,1H3,(H,28,29)/b20-15-. The van der Waals surface area contributed by atoms with E-state index in [2.05, 4.69) is 5.32 Å². The first-order valence-corrected chi connectivity index (χ1v) is 10.1. The average Bonchev–Trinajstić information content (AvgIpc) is 2.79. The van der Waals surface area contributed by atoms with Crippen molar-refractivity contribution in [3.8, 4) is 17.6 Å². The van der Waals surface area contributed by atoms with Crippen molar-refractivity contribution in [1.82, 2.24) is 0 Å². The normalized spacial score (nSPS) is 10.8. The molecule has 156 valence electrons. The van der Waals surface area contributed by atoms with Crippen molar-refractivity contribution in [1.29, 1.82) is 5.26 Å². The molecule has 1 amide bonds. The number of ether oxygens (including phenoxy) is 2. The number of hydrogen-bond acceptors (Lipinski definition) is 4. The molecular formula is C25H21ClN2O3. The van der Waals surface area contributed by atoms with Gasteiger partial charge in [-0.05, 0) is 61.0 Å². The van der Waals surface area contributed by atoms with E-state index in [0.717, 1.165) is 5.56 Å². The van der Waals surface area contributed by atoms with Crippen LogP contribution in [0.25, 0.3) is 6.08 Å². The van der Waals surface area contributed by atoms with Crippen LogP contribution in [0, 0.1) is 11.3 Å². The maximum absolute atomic E-state index is 12.4. The molecule has 0 heterocycles. The van der Waals surface area contributed by atoms with Crippen LogP contribution >= 0.6 is 11.6 Å². The Kier molecular flexibility index (Phi) is 7.69. The van der Waals surface area contributed by atoms with Gasteiger partial charge in [0.2, 0.25) is 0 Å². The SMILES string of the molecule is CCOc1ccc(NC(=O)/C(C#N)=C\c2ccc(OCc3ccccc3Cl)cc2)cc1. The minimum absolute atomic E-state index is 0.00128. The van der Waals surface area contributed by atoms with Crippen LogP contribution in [0.4, 0.5) is 5.69 Å². The van der Waals surface area contributed by atoms with E-state index in [-0.39, 0.29) is 5.57 Å². The predicted octanol–water partition coefficient (Wildman–Crippen LogP) is 5.86. The molecule has 0 aliphatic heterocycles. The first-order chi connectivity index (χ1) is 15.1. The number of carbonyl (C=O) groups excluding carboxylic acids is 1.